The van der Waals surface area contributed by atoms with Crippen molar-refractivity contribution in [3.63, 3.8) is 0 Å². The number of nitrogens with one attached hydrogen (secondary N) is 1. The van der Waals surface area contributed by atoms with E-state index in [0.29, 0.717) is 5.56 Å². The van der Waals surface area contributed by atoms with Crippen molar-refractivity contribution in [3.8, 4) is 0 Å². The van der Waals surface area contributed by atoms with Gasteiger partial charge in [0.1, 0.15) is 11.9 Å². The largest absolute Gasteiger partial charge is 0.348 e. The van der Waals surface area contributed by atoms with Crippen LogP contribution in [0, 0.1) is 5.82 Å². The minimum Gasteiger partial charge on any atom is -0.348 e. The molecule has 0 radical (unpaired) electrons. The molecule has 0 aliphatic heterocycles. The maximum atomic E-state index is 13.1. The molecule has 0 aliphatic carbocycles. The summed E-state index contributed by atoms with van der Waals surface area (Å²) in [5.41, 5.74) is 0.901. The second kappa shape index (κ2) is 9.11. The van der Waals surface area contributed by atoms with Crippen LogP contribution in [0.1, 0.15) is 31.9 Å². The van der Waals surface area contributed by atoms with Gasteiger partial charge < -0.3 is 5.32 Å². The highest BCUT2D eigenvalue weighted by atomic mass is 35.5. The molecule has 1 N–H and O–H groups in total. The Morgan fingerprint density at radius 3 is 2.14 bits per heavy atom. The molecule has 2 aromatic rings. The van der Waals surface area contributed by atoms with Gasteiger partial charge in [-0.1, -0.05) is 42.3 Å². The number of amides is 1. The Balaban J connectivity index is 2.34. The van der Waals surface area contributed by atoms with Crippen LogP contribution >= 0.6 is 23.2 Å². The molecular formula is C19H21Cl2FN2O3S. The molecule has 1 amide bonds. The molecule has 2 unspecified atom stereocenters. The molecule has 9 heteroatoms. The number of anilines is 1. The third kappa shape index (κ3) is 5.59. The van der Waals surface area contributed by atoms with Crippen molar-refractivity contribution in [3.05, 3.63) is 63.9 Å². The summed E-state index contributed by atoms with van der Waals surface area (Å²) < 4.78 is 39.1. The minimum absolute atomic E-state index is 0.205. The third-order valence-corrected chi connectivity index (χ3v) is 5.78. The summed E-state index contributed by atoms with van der Waals surface area (Å²) in [6.45, 7) is 3.44. The van der Waals surface area contributed by atoms with Gasteiger partial charge in [-0.3, -0.25) is 9.10 Å². The summed E-state index contributed by atoms with van der Waals surface area (Å²) in [5, 5.41) is 3.30. The summed E-state index contributed by atoms with van der Waals surface area (Å²) in [4.78, 5) is 12.9. The summed E-state index contributed by atoms with van der Waals surface area (Å²) in [6, 6.07) is 8.63. The molecule has 28 heavy (non-hydrogen) atoms. The van der Waals surface area contributed by atoms with Crippen molar-refractivity contribution in [1.82, 2.24) is 5.32 Å². The Hall–Kier alpha value is -1.83. The number of nitrogens with zero attached hydrogens (tertiary/aromatic N) is 1. The molecule has 2 rings (SSSR count). The second-order valence-corrected chi connectivity index (χ2v) is 9.12. The van der Waals surface area contributed by atoms with Crippen molar-refractivity contribution in [1.29, 1.82) is 0 Å². The number of halogens is 3. The van der Waals surface area contributed by atoms with Gasteiger partial charge in [0.15, 0.2) is 0 Å². The molecule has 0 heterocycles. The first-order chi connectivity index (χ1) is 13.0. The van der Waals surface area contributed by atoms with E-state index in [1.165, 1.54) is 30.3 Å². The van der Waals surface area contributed by atoms with E-state index in [1.807, 2.05) is 0 Å². The Labute approximate surface area is 174 Å². The Bertz CT molecular complexity index is 932. The molecule has 0 saturated heterocycles. The maximum absolute atomic E-state index is 13.1. The zero-order valence-electron chi connectivity index (χ0n) is 15.6. The predicted molar refractivity (Wildman–Crippen MR) is 111 cm³/mol. The second-order valence-electron chi connectivity index (χ2n) is 6.39. The molecule has 0 aliphatic rings. The van der Waals surface area contributed by atoms with Crippen LogP contribution in [0.25, 0.3) is 0 Å². The number of carbonyl (C=O) groups excluding carboxylic acids is 1. The van der Waals surface area contributed by atoms with Crippen LogP contribution < -0.4 is 9.62 Å². The molecular weight excluding hydrogens is 426 g/mol. The van der Waals surface area contributed by atoms with Gasteiger partial charge in [-0.2, -0.15) is 0 Å². The van der Waals surface area contributed by atoms with Gasteiger partial charge in [-0.15, -0.1) is 0 Å². The van der Waals surface area contributed by atoms with E-state index in [4.69, 9.17) is 23.2 Å². The minimum atomic E-state index is -3.81. The fourth-order valence-electron chi connectivity index (χ4n) is 2.87. The fourth-order valence-corrected chi connectivity index (χ4v) is 4.58. The van der Waals surface area contributed by atoms with Crippen molar-refractivity contribution >= 4 is 44.8 Å². The van der Waals surface area contributed by atoms with Crippen LogP contribution in [0.3, 0.4) is 0 Å². The molecule has 152 valence electrons. The lowest BCUT2D eigenvalue weighted by molar-refractivity contribution is -0.122. The van der Waals surface area contributed by atoms with E-state index in [1.54, 1.807) is 26.0 Å². The van der Waals surface area contributed by atoms with E-state index in [2.05, 4.69) is 5.32 Å². The van der Waals surface area contributed by atoms with Gasteiger partial charge in [0.05, 0.1) is 18.0 Å². The summed E-state index contributed by atoms with van der Waals surface area (Å²) in [7, 11) is -3.81. The molecule has 0 aromatic heterocycles. The lowest BCUT2D eigenvalue weighted by Crippen LogP contribution is -2.49. The van der Waals surface area contributed by atoms with Crippen molar-refractivity contribution < 1.29 is 17.6 Å². The smallest absolute Gasteiger partial charge is 0.244 e. The first kappa shape index (κ1) is 22.5. The Morgan fingerprint density at radius 2 is 1.68 bits per heavy atom. The number of carbonyl (C=O) groups is 1. The standard InChI is InChI=1S/C19H21Cl2FN2O3S/c1-4-18(19(25)23-12(2)13-5-7-16(22)8-6-13)24(28(3,26)27)17-10-14(20)9-15(21)11-17/h5-12,18H,4H2,1-3H3,(H,23,25). The van der Waals surface area contributed by atoms with E-state index in [0.717, 1.165) is 10.6 Å². The number of rotatable bonds is 7. The van der Waals surface area contributed by atoms with Crippen LogP contribution in [0.4, 0.5) is 10.1 Å². The first-order valence-corrected chi connectivity index (χ1v) is 11.1. The summed E-state index contributed by atoms with van der Waals surface area (Å²) >= 11 is 12.0. The van der Waals surface area contributed by atoms with E-state index < -0.39 is 28.0 Å². The highest BCUT2D eigenvalue weighted by Gasteiger charge is 2.32. The average Bonchev–Trinajstić information content (AvgIpc) is 2.57. The van der Waals surface area contributed by atoms with Gasteiger partial charge >= 0.3 is 0 Å². The molecule has 0 fully saturated rings. The van der Waals surface area contributed by atoms with Crippen LogP contribution in [0.5, 0.6) is 0 Å². The lowest BCUT2D eigenvalue weighted by Gasteiger charge is -2.31. The van der Waals surface area contributed by atoms with Crippen molar-refractivity contribution in [2.75, 3.05) is 10.6 Å². The molecule has 0 spiro atoms. The van der Waals surface area contributed by atoms with E-state index >= 15 is 0 Å². The van der Waals surface area contributed by atoms with Crippen molar-refractivity contribution in [2.24, 2.45) is 0 Å². The van der Waals surface area contributed by atoms with Crippen LogP contribution in [0.2, 0.25) is 10.0 Å². The average molecular weight is 447 g/mol. The zero-order chi connectivity index (χ0) is 21.1. The van der Waals surface area contributed by atoms with Gasteiger partial charge in [-0.05, 0) is 49.2 Å². The SMILES string of the molecule is CCC(C(=O)NC(C)c1ccc(F)cc1)N(c1cc(Cl)cc(Cl)c1)S(C)(=O)=O. The number of hydrogen-bond donors (Lipinski definition) is 1. The zero-order valence-corrected chi connectivity index (χ0v) is 17.9. The number of hydrogen-bond acceptors (Lipinski definition) is 3. The Kier molecular flexibility index (Phi) is 7.31. The highest BCUT2D eigenvalue weighted by molar-refractivity contribution is 7.92. The highest BCUT2D eigenvalue weighted by Crippen LogP contribution is 2.29. The summed E-state index contributed by atoms with van der Waals surface area (Å²) in [5.74, 6) is -0.865. The number of sulfonamides is 1. The van der Waals surface area contributed by atoms with Gasteiger partial charge in [-0.25, -0.2) is 12.8 Å². The molecule has 0 saturated carbocycles. The van der Waals surface area contributed by atoms with E-state index in [-0.39, 0.29) is 28.0 Å². The van der Waals surface area contributed by atoms with E-state index in [9.17, 15) is 17.6 Å². The predicted octanol–water partition coefficient (Wildman–Crippen LogP) is 4.55. The molecule has 2 atom stereocenters. The Morgan fingerprint density at radius 1 is 1.14 bits per heavy atom. The monoisotopic (exact) mass is 446 g/mol. The van der Waals surface area contributed by atoms with Crippen LogP contribution in [-0.4, -0.2) is 26.6 Å². The van der Waals surface area contributed by atoms with Crippen molar-refractivity contribution in [2.45, 2.75) is 32.4 Å². The fraction of sp³-hybridized carbons (Fsp3) is 0.316. The normalized spacial score (nSPS) is 13.6. The molecule has 2 aromatic carbocycles. The third-order valence-electron chi connectivity index (χ3n) is 4.16. The molecule has 0 bridgehead atoms. The lowest BCUT2D eigenvalue weighted by atomic mass is 10.1. The van der Waals surface area contributed by atoms with Gasteiger partial charge in [0.25, 0.3) is 0 Å². The van der Waals surface area contributed by atoms with Crippen LogP contribution in [-0.2, 0) is 14.8 Å². The first-order valence-electron chi connectivity index (χ1n) is 8.54. The quantitative estimate of drug-likeness (QED) is 0.677. The van der Waals surface area contributed by atoms with Crippen LogP contribution in [0.15, 0.2) is 42.5 Å². The summed E-state index contributed by atoms with van der Waals surface area (Å²) in [6.07, 6.45) is 1.24. The molecule has 5 nitrogen and oxygen atoms in total. The van der Waals surface area contributed by atoms with Gasteiger partial charge in [0, 0.05) is 10.0 Å². The van der Waals surface area contributed by atoms with Gasteiger partial charge in [0.2, 0.25) is 15.9 Å². The maximum Gasteiger partial charge on any atom is 0.244 e. The topological polar surface area (TPSA) is 66.5 Å². The number of benzene rings is 2.